The smallest absolute Gasteiger partial charge is 0.274 e. The lowest BCUT2D eigenvalue weighted by molar-refractivity contribution is 0.0908. The highest BCUT2D eigenvalue weighted by molar-refractivity contribution is 5.93. The molecule has 1 aromatic heterocycles. The van der Waals surface area contributed by atoms with Crippen molar-refractivity contribution in [3.8, 4) is 11.4 Å². The summed E-state index contributed by atoms with van der Waals surface area (Å²) in [6.45, 7) is 9.99. The van der Waals surface area contributed by atoms with E-state index >= 15 is 0 Å². The average Bonchev–Trinajstić information content (AvgIpc) is 3.08. The number of ether oxygens (including phenoxy) is 1. The third kappa shape index (κ3) is 4.47. The van der Waals surface area contributed by atoms with E-state index in [1.807, 2.05) is 45.0 Å². The average molecular weight is 371 g/mol. The highest BCUT2D eigenvalue weighted by atomic mass is 16.5. The molecule has 0 spiro atoms. The Morgan fingerprint density at radius 3 is 2.74 bits per heavy atom. The second-order valence-corrected chi connectivity index (χ2v) is 7.36. The van der Waals surface area contributed by atoms with Crippen molar-refractivity contribution in [3.05, 3.63) is 35.7 Å². The number of piperidine rings is 1. The monoisotopic (exact) mass is 371 g/mol. The van der Waals surface area contributed by atoms with Crippen LogP contribution in [0.25, 0.3) is 5.69 Å². The van der Waals surface area contributed by atoms with Gasteiger partial charge in [0, 0.05) is 6.04 Å². The fourth-order valence-corrected chi connectivity index (χ4v) is 3.41. The summed E-state index contributed by atoms with van der Waals surface area (Å²) < 4.78 is 7.42. The number of aromatic nitrogens is 3. The van der Waals surface area contributed by atoms with E-state index in [-0.39, 0.29) is 18.1 Å². The highest BCUT2D eigenvalue weighted by Crippen LogP contribution is 2.19. The predicted octanol–water partition coefficient (Wildman–Crippen LogP) is 2.34. The first-order valence-electron chi connectivity index (χ1n) is 9.72. The Morgan fingerprint density at radius 1 is 1.37 bits per heavy atom. The topological polar surface area (TPSA) is 81.1 Å². The number of benzene rings is 1. The van der Waals surface area contributed by atoms with Gasteiger partial charge in [-0.3, -0.25) is 4.79 Å². The van der Waals surface area contributed by atoms with Gasteiger partial charge in [0.1, 0.15) is 5.75 Å². The molecule has 1 saturated heterocycles. The Kier molecular flexibility index (Phi) is 6.11. The molecule has 1 aromatic carbocycles. The van der Waals surface area contributed by atoms with Crippen molar-refractivity contribution in [2.75, 3.05) is 13.1 Å². The van der Waals surface area contributed by atoms with Gasteiger partial charge >= 0.3 is 0 Å². The normalized spacial score (nSPS) is 19.9. The first kappa shape index (κ1) is 19.4. The van der Waals surface area contributed by atoms with Crippen LogP contribution in [0.1, 0.15) is 50.3 Å². The van der Waals surface area contributed by atoms with Crippen molar-refractivity contribution >= 4 is 5.91 Å². The summed E-state index contributed by atoms with van der Waals surface area (Å²) in [5, 5.41) is 14.9. The van der Waals surface area contributed by atoms with Gasteiger partial charge in [0.15, 0.2) is 5.69 Å². The molecular formula is C20H29N5O2. The molecule has 146 valence electrons. The summed E-state index contributed by atoms with van der Waals surface area (Å²) in [6, 6.07) is 7.85. The molecule has 0 bridgehead atoms. The first-order chi connectivity index (χ1) is 13.0. The molecule has 7 heteroatoms. The molecule has 1 fully saturated rings. The summed E-state index contributed by atoms with van der Waals surface area (Å²) in [6.07, 6.45) is 1.72. The van der Waals surface area contributed by atoms with Gasteiger partial charge in [-0.2, -0.15) is 0 Å². The molecule has 2 unspecified atom stereocenters. The van der Waals surface area contributed by atoms with Gasteiger partial charge in [0.25, 0.3) is 5.91 Å². The minimum absolute atomic E-state index is 0.126. The van der Waals surface area contributed by atoms with E-state index < -0.39 is 0 Å². The van der Waals surface area contributed by atoms with E-state index in [2.05, 4.69) is 27.9 Å². The molecule has 0 saturated carbocycles. The number of carbonyl (C=O) groups is 1. The third-order valence-electron chi connectivity index (χ3n) is 4.87. The maximum Gasteiger partial charge on any atom is 0.274 e. The molecule has 2 atom stereocenters. The van der Waals surface area contributed by atoms with Gasteiger partial charge in [0.2, 0.25) is 0 Å². The molecule has 27 heavy (non-hydrogen) atoms. The van der Waals surface area contributed by atoms with Gasteiger partial charge in [0.05, 0.1) is 17.5 Å². The minimum Gasteiger partial charge on any atom is -0.491 e. The van der Waals surface area contributed by atoms with Crippen LogP contribution in [-0.4, -0.2) is 46.1 Å². The zero-order valence-corrected chi connectivity index (χ0v) is 16.5. The Balaban J connectivity index is 1.79. The Labute approximate surface area is 160 Å². The number of amides is 1. The Hall–Kier alpha value is -2.41. The molecule has 1 amide bonds. The zero-order chi connectivity index (χ0) is 19.4. The SMILES string of the molecule is CCc1c(C(=O)NC2CCNCC2C)nnn1-c1ccc(OC(C)C)cc1. The van der Waals surface area contributed by atoms with Gasteiger partial charge in [-0.1, -0.05) is 19.1 Å². The van der Waals surface area contributed by atoms with Crippen molar-refractivity contribution in [1.82, 2.24) is 25.6 Å². The van der Waals surface area contributed by atoms with Crippen LogP contribution in [-0.2, 0) is 6.42 Å². The van der Waals surface area contributed by atoms with Crippen molar-refractivity contribution in [1.29, 1.82) is 0 Å². The summed E-state index contributed by atoms with van der Waals surface area (Å²) in [5.41, 5.74) is 2.09. The molecular weight excluding hydrogens is 342 g/mol. The van der Waals surface area contributed by atoms with Gasteiger partial charge in [-0.25, -0.2) is 4.68 Å². The second kappa shape index (κ2) is 8.52. The lowest BCUT2D eigenvalue weighted by Gasteiger charge is -2.30. The van der Waals surface area contributed by atoms with Gasteiger partial charge in [-0.05, 0) is 70.0 Å². The summed E-state index contributed by atoms with van der Waals surface area (Å²) in [5.74, 6) is 1.07. The highest BCUT2D eigenvalue weighted by Gasteiger charge is 2.26. The molecule has 2 aromatic rings. The zero-order valence-electron chi connectivity index (χ0n) is 16.5. The number of nitrogens with zero attached hydrogens (tertiary/aromatic N) is 3. The molecule has 0 radical (unpaired) electrons. The van der Waals surface area contributed by atoms with E-state index in [1.54, 1.807) is 4.68 Å². The van der Waals surface area contributed by atoms with Crippen LogP contribution in [0, 0.1) is 5.92 Å². The first-order valence-corrected chi connectivity index (χ1v) is 9.72. The van der Waals surface area contributed by atoms with E-state index in [9.17, 15) is 4.79 Å². The molecule has 2 heterocycles. The molecule has 0 aliphatic carbocycles. The van der Waals surface area contributed by atoms with Crippen LogP contribution in [0.5, 0.6) is 5.75 Å². The number of hydrogen-bond donors (Lipinski definition) is 2. The molecule has 3 rings (SSSR count). The summed E-state index contributed by atoms with van der Waals surface area (Å²) in [4.78, 5) is 12.8. The maximum absolute atomic E-state index is 12.8. The van der Waals surface area contributed by atoms with E-state index in [0.29, 0.717) is 18.0 Å². The fraction of sp³-hybridized carbons (Fsp3) is 0.550. The molecule has 1 aliphatic heterocycles. The Morgan fingerprint density at radius 2 is 2.11 bits per heavy atom. The lowest BCUT2D eigenvalue weighted by atomic mass is 9.95. The van der Waals surface area contributed by atoms with Crippen molar-refractivity contribution < 1.29 is 9.53 Å². The van der Waals surface area contributed by atoms with Gasteiger partial charge in [-0.15, -0.1) is 5.10 Å². The van der Waals surface area contributed by atoms with Gasteiger partial charge < -0.3 is 15.4 Å². The summed E-state index contributed by atoms with van der Waals surface area (Å²) in [7, 11) is 0. The van der Waals surface area contributed by atoms with Crippen LogP contribution in [0.15, 0.2) is 24.3 Å². The van der Waals surface area contributed by atoms with Crippen LogP contribution in [0.3, 0.4) is 0 Å². The van der Waals surface area contributed by atoms with E-state index in [1.165, 1.54) is 0 Å². The van der Waals surface area contributed by atoms with E-state index in [4.69, 9.17) is 4.74 Å². The number of nitrogens with one attached hydrogen (secondary N) is 2. The number of rotatable bonds is 6. The largest absolute Gasteiger partial charge is 0.491 e. The van der Waals surface area contributed by atoms with Crippen LogP contribution in [0.4, 0.5) is 0 Å². The second-order valence-electron chi connectivity index (χ2n) is 7.36. The summed E-state index contributed by atoms with van der Waals surface area (Å²) >= 11 is 0. The van der Waals surface area contributed by atoms with E-state index in [0.717, 1.165) is 36.6 Å². The van der Waals surface area contributed by atoms with Crippen molar-refractivity contribution in [2.24, 2.45) is 5.92 Å². The van der Waals surface area contributed by atoms with Crippen LogP contribution < -0.4 is 15.4 Å². The number of hydrogen-bond acceptors (Lipinski definition) is 5. The van der Waals surface area contributed by atoms with Crippen LogP contribution >= 0.6 is 0 Å². The minimum atomic E-state index is -0.142. The quantitative estimate of drug-likeness (QED) is 0.815. The molecule has 1 aliphatic rings. The third-order valence-corrected chi connectivity index (χ3v) is 4.87. The van der Waals surface area contributed by atoms with Crippen LogP contribution in [0.2, 0.25) is 0 Å². The predicted molar refractivity (Wildman–Crippen MR) is 104 cm³/mol. The number of carbonyl (C=O) groups excluding carboxylic acids is 1. The molecule has 7 nitrogen and oxygen atoms in total. The van der Waals surface area contributed by atoms with Crippen molar-refractivity contribution in [2.45, 2.75) is 52.7 Å². The standard InChI is InChI=1S/C20H29N5O2/c1-5-18-19(20(26)22-17-10-11-21-12-14(17)4)23-24-25(18)15-6-8-16(9-7-15)27-13(2)3/h6-9,13-14,17,21H,5,10-12H2,1-4H3,(H,22,26). The fourth-order valence-electron chi connectivity index (χ4n) is 3.41. The Bertz CT molecular complexity index is 769. The lowest BCUT2D eigenvalue weighted by Crippen LogP contribution is -2.48. The molecule has 2 N–H and O–H groups in total. The van der Waals surface area contributed by atoms with Crippen molar-refractivity contribution in [3.63, 3.8) is 0 Å². The maximum atomic E-state index is 12.8.